The van der Waals surface area contributed by atoms with Crippen LogP contribution in [0.25, 0.3) is 0 Å². The lowest BCUT2D eigenvalue weighted by Gasteiger charge is -2.59. The quantitative estimate of drug-likeness (QED) is 0.791. The molecule has 1 spiro atoms. The summed E-state index contributed by atoms with van der Waals surface area (Å²) in [7, 11) is 2.10. The van der Waals surface area contributed by atoms with E-state index in [-0.39, 0.29) is 17.4 Å². The summed E-state index contributed by atoms with van der Waals surface area (Å²) in [6.07, 6.45) is 1.64. The van der Waals surface area contributed by atoms with E-state index in [1.54, 1.807) is 41.4 Å². The Balaban J connectivity index is 1.54. The molecule has 1 N–H and O–H groups in total. The summed E-state index contributed by atoms with van der Waals surface area (Å²) >= 11 is 0. The van der Waals surface area contributed by atoms with Gasteiger partial charge in [-0.2, -0.15) is 0 Å². The first-order chi connectivity index (χ1) is 12.6. The minimum absolute atomic E-state index is 0.130. The van der Waals surface area contributed by atoms with Gasteiger partial charge in [0.1, 0.15) is 0 Å². The number of carbonyl (C=O) groups is 2. The van der Waals surface area contributed by atoms with Crippen molar-refractivity contribution in [3.05, 3.63) is 48.2 Å². The Kier molecular flexibility index (Phi) is 3.12. The molecule has 4 heterocycles. The van der Waals surface area contributed by atoms with Gasteiger partial charge in [-0.05, 0) is 31.3 Å². The highest BCUT2D eigenvalue weighted by Crippen LogP contribution is 2.42. The molecule has 1 aromatic carbocycles. The zero-order valence-electron chi connectivity index (χ0n) is 14.5. The lowest BCUT2D eigenvalue weighted by atomic mass is 9.73. The highest BCUT2D eigenvalue weighted by atomic mass is 16.2. The Labute approximate surface area is 151 Å². The number of anilines is 3. The maximum atomic E-state index is 13.3. The van der Waals surface area contributed by atoms with Gasteiger partial charge < -0.3 is 15.1 Å². The van der Waals surface area contributed by atoms with E-state index in [0.717, 1.165) is 26.2 Å². The summed E-state index contributed by atoms with van der Waals surface area (Å²) in [6, 6.07) is 10.5. The van der Waals surface area contributed by atoms with Crippen molar-refractivity contribution in [2.24, 2.45) is 5.41 Å². The minimum atomic E-state index is -0.231. The lowest BCUT2D eigenvalue weighted by Crippen LogP contribution is -2.73. The number of hydrogen-bond donors (Lipinski definition) is 1. The third kappa shape index (κ3) is 2.13. The van der Waals surface area contributed by atoms with Crippen LogP contribution in [0.4, 0.5) is 22.0 Å². The highest BCUT2D eigenvalue weighted by Gasteiger charge is 2.53. The smallest absolute Gasteiger partial charge is 0.323 e. The number of fused-ring (bicyclic) bond motifs is 2. The van der Waals surface area contributed by atoms with Crippen molar-refractivity contribution < 1.29 is 9.59 Å². The summed E-state index contributed by atoms with van der Waals surface area (Å²) in [5.41, 5.74) is 1.83. The number of nitrogens with one attached hydrogen (secondary N) is 1. The number of aromatic nitrogens is 1. The van der Waals surface area contributed by atoms with E-state index in [1.165, 1.54) is 0 Å². The predicted octanol–water partition coefficient (Wildman–Crippen LogP) is 2.15. The molecule has 0 atom stereocenters. The van der Waals surface area contributed by atoms with Crippen LogP contribution in [0.2, 0.25) is 0 Å². The Hall–Kier alpha value is -2.93. The van der Waals surface area contributed by atoms with Crippen LogP contribution in [0, 0.1) is 5.41 Å². The molecular weight excluding hydrogens is 330 g/mol. The SMILES string of the molecule is CN1CC2(C1)CN(C(=O)N1c3ccccc3C(=O)Nc3cccnc31)C2. The van der Waals surface area contributed by atoms with Crippen molar-refractivity contribution >= 4 is 29.1 Å². The molecule has 5 rings (SSSR count). The van der Waals surface area contributed by atoms with Crippen LogP contribution in [0.1, 0.15) is 10.4 Å². The number of amides is 3. The van der Waals surface area contributed by atoms with Gasteiger partial charge in [0.15, 0.2) is 5.82 Å². The van der Waals surface area contributed by atoms with Crippen LogP contribution in [-0.2, 0) is 0 Å². The van der Waals surface area contributed by atoms with E-state index < -0.39 is 0 Å². The largest absolute Gasteiger partial charge is 0.330 e. The standard InChI is InChI=1S/C19H19N5O2/c1-22-9-19(10-22)11-23(12-19)18(26)24-15-7-3-2-5-13(15)17(25)21-14-6-4-8-20-16(14)24/h2-8H,9-12H2,1H3,(H,21,25). The average molecular weight is 349 g/mol. The summed E-state index contributed by atoms with van der Waals surface area (Å²) in [5.74, 6) is 0.230. The van der Waals surface area contributed by atoms with Crippen LogP contribution in [-0.4, -0.2) is 59.9 Å². The number of benzene rings is 1. The molecule has 2 aromatic rings. The molecule has 2 fully saturated rings. The zero-order valence-corrected chi connectivity index (χ0v) is 14.5. The first-order valence-corrected chi connectivity index (χ1v) is 8.69. The number of likely N-dealkylation sites (tertiary alicyclic amines) is 2. The van der Waals surface area contributed by atoms with E-state index in [1.807, 2.05) is 11.0 Å². The molecule has 3 aliphatic rings. The van der Waals surface area contributed by atoms with Gasteiger partial charge in [0.05, 0.1) is 16.9 Å². The van der Waals surface area contributed by atoms with Gasteiger partial charge in [0.25, 0.3) is 5.91 Å². The van der Waals surface area contributed by atoms with Crippen molar-refractivity contribution in [3.8, 4) is 0 Å². The third-order valence-corrected chi connectivity index (χ3v) is 5.36. The third-order valence-electron chi connectivity index (χ3n) is 5.36. The van der Waals surface area contributed by atoms with Gasteiger partial charge in [-0.3, -0.25) is 4.79 Å². The van der Waals surface area contributed by atoms with Gasteiger partial charge in [0, 0.05) is 37.8 Å². The summed E-state index contributed by atoms with van der Waals surface area (Å²) in [4.78, 5) is 36.0. The molecule has 26 heavy (non-hydrogen) atoms. The maximum Gasteiger partial charge on any atom is 0.330 e. The fraction of sp³-hybridized carbons (Fsp3) is 0.316. The van der Waals surface area contributed by atoms with Gasteiger partial charge in [-0.25, -0.2) is 14.7 Å². The molecule has 0 radical (unpaired) electrons. The second-order valence-electron chi connectivity index (χ2n) is 7.49. The van der Waals surface area contributed by atoms with Crippen LogP contribution in [0.3, 0.4) is 0 Å². The number of rotatable bonds is 0. The molecule has 132 valence electrons. The molecule has 7 nitrogen and oxygen atoms in total. The fourth-order valence-electron chi connectivity index (χ4n) is 4.37. The first kappa shape index (κ1) is 15.3. The first-order valence-electron chi connectivity index (χ1n) is 8.69. The van der Waals surface area contributed by atoms with Crippen molar-refractivity contribution in [1.82, 2.24) is 14.8 Å². The summed E-state index contributed by atoms with van der Waals surface area (Å²) in [6.45, 7) is 3.56. The number of urea groups is 1. The maximum absolute atomic E-state index is 13.3. The van der Waals surface area contributed by atoms with E-state index >= 15 is 0 Å². The molecule has 0 aliphatic carbocycles. The van der Waals surface area contributed by atoms with Gasteiger partial charge in [-0.1, -0.05) is 12.1 Å². The van der Waals surface area contributed by atoms with Crippen molar-refractivity contribution in [2.75, 3.05) is 43.4 Å². The monoisotopic (exact) mass is 349 g/mol. The second kappa shape index (κ2) is 5.28. The van der Waals surface area contributed by atoms with Crippen molar-refractivity contribution in [3.63, 3.8) is 0 Å². The highest BCUT2D eigenvalue weighted by molar-refractivity contribution is 6.16. The Morgan fingerprint density at radius 2 is 1.88 bits per heavy atom. The minimum Gasteiger partial charge on any atom is -0.323 e. The van der Waals surface area contributed by atoms with Crippen molar-refractivity contribution in [1.29, 1.82) is 0 Å². The molecule has 1 aromatic heterocycles. The van der Waals surface area contributed by atoms with E-state index in [9.17, 15) is 9.59 Å². The van der Waals surface area contributed by atoms with Crippen molar-refractivity contribution in [2.45, 2.75) is 0 Å². The van der Waals surface area contributed by atoms with Crippen LogP contribution >= 0.6 is 0 Å². The molecule has 0 unspecified atom stereocenters. The topological polar surface area (TPSA) is 68.8 Å². The summed E-state index contributed by atoms with van der Waals surface area (Å²) < 4.78 is 0. The van der Waals surface area contributed by atoms with Crippen LogP contribution < -0.4 is 10.2 Å². The number of hydrogen-bond acceptors (Lipinski definition) is 4. The van der Waals surface area contributed by atoms with E-state index in [0.29, 0.717) is 22.8 Å². The lowest BCUT2D eigenvalue weighted by molar-refractivity contribution is -0.0814. The average Bonchev–Trinajstić information content (AvgIpc) is 2.70. The molecule has 0 saturated carbocycles. The Bertz CT molecular complexity index is 914. The number of carbonyl (C=O) groups excluding carboxylic acids is 2. The van der Waals surface area contributed by atoms with Gasteiger partial charge >= 0.3 is 6.03 Å². The number of nitrogens with zero attached hydrogens (tertiary/aromatic N) is 4. The molecule has 3 aliphatic heterocycles. The molecule has 7 heteroatoms. The molecule has 3 amide bonds. The Morgan fingerprint density at radius 1 is 1.12 bits per heavy atom. The second-order valence-corrected chi connectivity index (χ2v) is 7.49. The van der Waals surface area contributed by atoms with Crippen LogP contribution in [0.15, 0.2) is 42.6 Å². The normalized spacial score (nSPS) is 20.4. The van der Waals surface area contributed by atoms with E-state index in [4.69, 9.17) is 0 Å². The van der Waals surface area contributed by atoms with Gasteiger partial charge in [-0.15, -0.1) is 0 Å². The number of pyridine rings is 1. The predicted molar refractivity (Wildman–Crippen MR) is 97.7 cm³/mol. The summed E-state index contributed by atoms with van der Waals surface area (Å²) in [5, 5.41) is 2.86. The van der Waals surface area contributed by atoms with E-state index in [2.05, 4.69) is 22.2 Å². The zero-order chi connectivity index (χ0) is 17.9. The molecule has 2 saturated heterocycles. The fourth-order valence-corrected chi connectivity index (χ4v) is 4.37. The van der Waals surface area contributed by atoms with Gasteiger partial charge in [0.2, 0.25) is 0 Å². The Morgan fingerprint density at radius 3 is 2.65 bits per heavy atom. The number of para-hydroxylation sites is 1. The molecular formula is C19H19N5O2. The molecule has 0 bridgehead atoms. The van der Waals surface area contributed by atoms with Crippen LogP contribution in [0.5, 0.6) is 0 Å².